The topological polar surface area (TPSA) is 61.8 Å². The van der Waals surface area contributed by atoms with Gasteiger partial charge >= 0.3 is 14.3 Å². The highest BCUT2D eigenvalue weighted by molar-refractivity contribution is 7.49. The Morgan fingerprint density at radius 2 is 1.46 bits per heavy atom. The van der Waals surface area contributed by atoms with Crippen LogP contribution in [0.15, 0.2) is 48.5 Å². The zero-order valence-electron chi connectivity index (χ0n) is 14.4. The van der Waals surface area contributed by atoms with Gasteiger partial charge in [-0.05, 0) is 39.8 Å². The molecule has 0 aliphatic carbocycles. The van der Waals surface area contributed by atoms with E-state index in [9.17, 15) is 9.36 Å². The molecule has 5 nitrogen and oxygen atoms in total. The van der Waals surface area contributed by atoms with Crippen molar-refractivity contribution in [1.82, 2.24) is 0 Å². The third kappa shape index (κ3) is 7.44. The molecular weight excluding hydrogens is 327 g/mol. The van der Waals surface area contributed by atoms with Crippen molar-refractivity contribution in [2.75, 3.05) is 6.61 Å². The quantitative estimate of drug-likeness (QED) is 0.542. The molecule has 1 unspecified atom stereocenters. The molecule has 0 N–H and O–H groups in total. The third-order valence-electron chi connectivity index (χ3n) is 2.79. The molecule has 0 radical (unpaired) electrons. The summed E-state index contributed by atoms with van der Waals surface area (Å²) in [5.74, 6) is 0.316. The second kappa shape index (κ2) is 9.91. The first-order valence-corrected chi connectivity index (χ1v) is 9.00. The summed E-state index contributed by atoms with van der Waals surface area (Å²) in [7, 11) is -3.81. The average Bonchev–Trinajstić information content (AvgIpc) is 2.47. The van der Waals surface area contributed by atoms with E-state index < -0.39 is 7.82 Å². The van der Waals surface area contributed by atoms with Crippen LogP contribution in [0.5, 0.6) is 5.75 Å². The van der Waals surface area contributed by atoms with Crippen LogP contribution in [-0.4, -0.2) is 13.1 Å². The van der Waals surface area contributed by atoms with Crippen molar-refractivity contribution in [1.29, 1.82) is 0 Å². The van der Waals surface area contributed by atoms with Gasteiger partial charge in [-0.15, -0.1) is 0 Å². The van der Waals surface area contributed by atoms with E-state index in [4.69, 9.17) is 9.05 Å². The van der Waals surface area contributed by atoms with Gasteiger partial charge < -0.3 is 9.05 Å². The summed E-state index contributed by atoms with van der Waals surface area (Å²) in [6.07, 6.45) is 0. The first kappa shape index (κ1) is 19.9. The maximum absolute atomic E-state index is 11.7. The maximum Gasteiger partial charge on any atom is 0.589 e. The molecule has 2 aromatic rings. The van der Waals surface area contributed by atoms with Crippen LogP contribution in [0.1, 0.15) is 23.6 Å². The second-order valence-corrected chi connectivity index (χ2v) is 6.68. The standard InChI is InChI=1S/C9H11O5P.C9H12/c1-2-12-15(11,13-8-10)14-9-6-4-3-5-7-9;1-7-4-8(2)6-9(3)5-7/h3-8H,2H2,1H3;4-6H,1-3H3. The summed E-state index contributed by atoms with van der Waals surface area (Å²) in [5, 5.41) is 0. The Morgan fingerprint density at radius 3 is 1.88 bits per heavy atom. The number of phosphoric ester groups is 1. The number of carbonyl (C=O) groups excluding carboxylic acids is 1. The summed E-state index contributed by atoms with van der Waals surface area (Å²) in [6.45, 7) is 8.16. The van der Waals surface area contributed by atoms with E-state index >= 15 is 0 Å². The first-order chi connectivity index (χ1) is 11.4. The lowest BCUT2D eigenvalue weighted by molar-refractivity contribution is -0.122. The van der Waals surface area contributed by atoms with Crippen LogP contribution in [0, 0.1) is 20.8 Å². The smallest absolute Gasteiger partial charge is 0.395 e. The van der Waals surface area contributed by atoms with Crippen molar-refractivity contribution in [2.45, 2.75) is 27.7 Å². The van der Waals surface area contributed by atoms with Crippen molar-refractivity contribution >= 4 is 14.3 Å². The van der Waals surface area contributed by atoms with Crippen molar-refractivity contribution < 1.29 is 22.9 Å². The number of para-hydroxylation sites is 1. The average molecular weight is 350 g/mol. The third-order valence-corrected chi connectivity index (χ3v) is 4.14. The van der Waals surface area contributed by atoms with Gasteiger partial charge in [0.15, 0.2) is 0 Å². The molecule has 0 spiro atoms. The van der Waals surface area contributed by atoms with Gasteiger partial charge in [0, 0.05) is 0 Å². The molecule has 2 aromatic carbocycles. The molecule has 1 atom stereocenters. The van der Waals surface area contributed by atoms with Gasteiger partial charge in [-0.1, -0.05) is 53.1 Å². The summed E-state index contributed by atoms with van der Waals surface area (Å²) in [5.41, 5.74) is 4.06. The van der Waals surface area contributed by atoms with Crippen LogP contribution in [0.3, 0.4) is 0 Å². The Morgan fingerprint density at radius 1 is 0.958 bits per heavy atom. The van der Waals surface area contributed by atoms with Gasteiger partial charge in [0.1, 0.15) is 5.75 Å². The van der Waals surface area contributed by atoms with Crippen LogP contribution in [0.4, 0.5) is 0 Å². The lowest BCUT2D eigenvalue weighted by Gasteiger charge is -2.14. The van der Waals surface area contributed by atoms with Gasteiger partial charge in [0.05, 0.1) is 6.61 Å². The van der Waals surface area contributed by atoms with Gasteiger partial charge in [-0.25, -0.2) is 4.57 Å². The Kier molecular flexibility index (Phi) is 8.24. The van der Waals surface area contributed by atoms with E-state index in [1.165, 1.54) is 16.7 Å². The van der Waals surface area contributed by atoms with E-state index in [1.54, 1.807) is 37.3 Å². The molecule has 0 aliphatic rings. The molecule has 6 heteroatoms. The fourth-order valence-electron chi connectivity index (χ4n) is 2.10. The van der Waals surface area contributed by atoms with Crippen LogP contribution in [0.25, 0.3) is 0 Å². The predicted molar refractivity (Wildman–Crippen MR) is 94.1 cm³/mol. The number of carbonyl (C=O) groups is 1. The fourth-order valence-corrected chi connectivity index (χ4v) is 3.06. The minimum Gasteiger partial charge on any atom is -0.395 e. The molecule has 0 heterocycles. The Bertz CT molecular complexity index is 635. The molecule has 0 amide bonds. The molecule has 24 heavy (non-hydrogen) atoms. The highest BCUT2D eigenvalue weighted by Crippen LogP contribution is 2.48. The van der Waals surface area contributed by atoms with Gasteiger partial charge in [-0.3, -0.25) is 9.32 Å². The summed E-state index contributed by atoms with van der Waals surface area (Å²) in [4.78, 5) is 10.1. The zero-order valence-corrected chi connectivity index (χ0v) is 15.3. The van der Waals surface area contributed by atoms with Gasteiger partial charge in [0.25, 0.3) is 0 Å². The first-order valence-electron chi connectivity index (χ1n) is 7.54. The SMILES string of the molecule is CCOP(=O)(OC=O)Oc1ccccc1.Cc1cc(C)cc(C)c1. The summed E-state index contributed by atoms with van der Waals surface area (Å²) >= 11 is 0. The van der Waals surface area contributed by atoms with E-state index in [-0.39, 0.29) is 13.1 Å². The second-order valence-electron chi connectivity index (χ2n) is 5.14. The molecule has 0 bridgehead atoms. The zero-order chi connectivity index (χ0) is 18.0. The molecule has 0 aliphatic heterocycles. The normalized spacial score (nSPS) is 12.3. The number of hydrogen-bond acceptors (Lipinski definition) is 5. The molecule has 0 saturated heterocycles. The molecule has 2 rings (SSSR count). The largest absolute Gasteiger partial charge is 0.589 e. The fraction of sp³-hybridized carbons (Fsp3) is 0.278. The maximum atomic E-state index is 11.7. The van der Waals surface area contributed by atoms with Crippen molar-refractivity contribution in [3.8, 4) is 5.75 Å². The van der Waals surface area contributed by atoms with Crippen molar-refractivity contribution in [3.63, 3.8) is 0 Å². The van der Waals surface area contributed by atoms with Crippen LogP contribution in [-0.2, 0) is 18.4 Å². The molecule has 0 aromatic heterocycles. The van der Waals surface area contributed by atoms with Crippen molar-refractivity contribution in [2.24, 2.45) is 0 Å². The van der Waals surface area contributed by atoms with Crippen LogP contribution >= 0.6 is 7.82 Å². The summed E-state index contributed by atoms with van der Waals surface area (Å²) in [6, 6.07) is 14.9. The lowest BCUT2D eigenvalue weighted by atomic mass is 10.1. The Hall–Kier alpha value is -2.10. The Labute approximate surface area is 143 Å². The number of rotatable bonds is 6. The summed E-state index contributed by atoms with van der Waals surface area (Å²) < 4.78 is 25.7. The highest BCUT2D eigenvalue weighted by atomic mass is 31.2. The number of phosphoric acid groups is 1. The molecular formula is C18H23O5P. The van der Waals surface area contributed by atoms with Gasteiger partial charge in [0.2, 0.25) is 0 Å². The lowest BCUT2D eigenvalue weighted by Crippen LogP contribution is -2.01. The van der Waals surface area contributed by atoms with Crippen LogP contribution in [0.2, 0.25) is 0 Å². The molecule has 0 saturated carbocycles. The van der Waals surface area contributed by atoms with Crippen LogP contribution < -0.4 is 4.52 Å². The van der Waals surface area contributed by atoms with E-state index in [0.717, 1.165) is 0 Å². The monoisotopic (exact) mass is 350 g/mol. The van der Waals surface area contributed by atoms with Gasteiger partial charge in [-0.2, -0.15) is 0 Å². The minimum atomic E-state index is -3.81. The van der Waals surface area contributed by atoms with E-state index in [1.807, 2.05) is 0 Å². The highest BCUT2D eigenvalue weighted by Gasteiger charge is 2.28. The Balaban J connectivity index is 0.000000272. The van der Waals surface area contributed by atoms with Crippen molar-refractivity contribution in [3.05, 3.63) is 65.2 Å². The minimum absolute atomic E-state index is 0.0410. The van der Waals surface area contributed by atoms with E-state index in [0.29, 0.717) is 5.75 Å². The number of hydrogen-bond donors (Lipinski definition) is 0. The number of benzene rings is 2. The predicted octanol–water partition coefficient (Wildman–Crippen LogP) is 4.99. The number of aryl methyl sites for hydroxylation is 3. The molecule has 0 fully saturated rings. The molecule has 130 valence electrons. The van der Waals surface area contributed by atoms with E-state index in [2.05, 4.69) is 43.5 Å².